The van der Waals surface area contributed by atoms with Crippen molar-refractivity contribution in [1.29, 1.82) is 0 Å². The number of hydrogen-bond acceptors (Lipinski definition) is 3. The lowest BCUT2D eigenvalue weighted by Gasteiger charge is -2.09. The van der Waals surface area contributed by atoms with Gasteiger partial charge in [-0.25, -0.2) is 0 Å². The molecule has 14 heavy (non-hydrogen) atoms. The standard InChI is InChI=1S/C10H15BrN2.H3N/c1-2-3-4-9(12)10-6-5-8(11)7-13-10;/h5-7,9H,2-4,12H2,1H3;1H3. The summed E-state index contributed by atoms with van der Waals surface area (Å²) < 4.78 is 0.999. The minimum atomic E-state index is 0. The van der Waals surface area contributed by atoms with E-state index in [0.29, 0.717) is 0 Å². The first-order chi connectivity index (χ1) is 6.24. The van der Waals surface area contributed by atoms with Crippen LogP contribution in [0.5, 0.6) is 0 Å². The van der Waals surface area contributed by atoms with Crippen molar-refractivity contribution in [2.75, 3.05) is 0 Å². The summed E-state index contributed by atoms with van der Waals surface area (Å²) in [4.78, 5) is 4.26. The first kappa shape index (κ1) is 13.5. The number of nitrogens with zero attached hydrogens (tertiary/aromatic N) is 1. The Labute approximate surface area is 93.8 Å². The number of unbranched alkanes of at least 4 members (excludes halogenated alkanes) is 1. The molecule has 0 fully saturated rings. The highest BCUT2D eigenvalue weighted by molar-refractivity contribution is 9.10. The molecule has 0 aliphatic carbocycles. The molecule has 0 spiro atoms. The van der Waals surface area contributed by atoms with Gasteiger partial charge in [-0.05, 0) is 34.5 Å². The molecule has 1 heterocycles. The van der Waals surface area contributed by atoms with Gasteiger partial charge in [0.05, 0.1) is 5.69 Å². The van der Waals surface area contributed by atoms with Crippen molar-refractivity contribution >= 4 is 15.9 Å². The highest BCUT2D eigenvalue weighted by Crippen LogP contribution is 2.16. The average Bonchev–Trinajstić information content (AvgIpc) is 2.15. The number of pyridine rings is 1. The Hall–Kier alpha value is -0.450. The Morgan fingerprint density at radius 2 is 2.21 bits per heavy atom. The fourth-order valence-corrected chi connectivity index (χ4v) is 1.41. The molecule has 0 bridgehead atoms. The summed E-state index contributed by atoms with van der Waals surface area (Å²) in [6.45, 7) is 2.17. The molecular formula is C10H18BrN3. The Morgan fingerprint density at radius 1 is 1.50 bits per heavy atom. The van der Waals surface area contributed by atoms with Crippen LogP contribution in [0, 0.1) is 0 Å². The zero-order chi connectivity index (χ0) is 9.68. The van der Waals surface area contributed by atoms with Crippen LogP contribution in [0.4, 0.5) is 0 Å². The molecule has 0 aliphatic rings. The summed E-state index contributed by atoms with van der Waals surface area (Å²) >= 11 is 3.34. The van der Waals surface area contributed by atoms with E-state index in [1.54, 1.807) is 6.20 Å². The highest BCUT2D eigenvalue weighted by atomic mass is 79.9. The van der Waals surface area contributed by atoms with Crippen molar-refractivity contribution in [3.8, 4) is 0 Å². The van der Waals surface area contributed by atoms with Crippen LogP contribution in [-0.4, -0.2) is 4.98 Å². The number of hydrogen-bond donors (Lipinski definition) is 2. The van der Waals surface area contributed by atoms with E-state index in [4.69, 9.17) is 5.73 Å². The van der Waals surface area contributed by atoms with Crippen LogP contribution in [0.15, 0.2) is 22.8 Å². The Balaban J connectivity index is 0.00000169. The second kappa shape index (κ2) is 6.92. The average molecular weight is 260 g/mol. The molecule has 3 nitrogen and oxygen atoms in total. The summed E-state index contributed by atoms with van der Waals surface area (Å²) in [6.07, 6.45) is 5.16. The molecule has 0 saturated heterocycles. The maximum absolute atomic E-state index is 5.95. The number of rotatable bonds is 4. The zero-order valence-electron chi connectivity index (χ0n) is 8.54. The van der Waals surface area contributed by atoms with Crippen molar-refractivity contribution in [2.24, 2.45) is 5.73 Å². The summed E-state index contributed by atoms with van der Waals surface area (Å²) in [5.74, 6) is 0. The van der Waals surface area contributed by atoms with Crippen LogP contribution in [0.3, 0.4) is 0 Å². The van der Waals surface area contributed by atoms with Crippen LogP contribution in [-0.2, 0) is 0 Å². The van der Waals surface area contributed by atoms with E-state index in [1.165, 1.54) is 12.8 Å². The van der Waals surface area contributed by atoms with Crippen LogP contribution in [0.2, 0.25) is 0 Å². The third-order valence-corrected chi connectivity index (χ3v) is 2.47. The van der Waals surface area contributed by atoms with E-state index in [-0.39, 0.29) is 12.2 Å². The fourth-order valence-electron chi connectivity index (χ4n) is 1.18. The number of halogens is 1. The fraction of sp³-hybridized carbons (Fsp3) is 0.500. The van der Waals surface area contributed by atoms with Crippen molar-refractivity contribution < 1.29 is 0 Å². The summed E-state index contributed by atoms with van der Waals surface area (Å²) in [7, 11) is 0. The maximum atomic E-state index is 5.95. The largest absolute Gasteiger partial charge is 0.344 e. The quantitative estimate of drug-likeness (QED) is 0.872. The van der Waals surface area contributed by atoms with Crippen LogP contribution in [0.25, 0.3) is 0 Å². The lowest BCUT2D eigenvalue weighted by atomic mass is 10.1. The molecule has 0 aliphatic heterocycles. The minimum Gasteiger partial charge on any atom is -0.344 e. The molecule has 1 unspecified atom stereocenters. The van der Waals surface area contributed by atoms with Gasteiger partial charge in [0.1, 0.15) is 0 Å². The monoisotopic (exact) mass is 259 g/mol. The maximum Gasteiger partial charge on any atom is 0.0571 e. The predicted molar refractivity (Wildman–Crippen MR) is 63.4 cm³/mol. The van der Waals surface area contributed by atoms with Crippen LogP contribution < -0.4 is 11.9 Å². The minimum absolute atomic E-state index is 0. The predicted octanol–water partition coefficient (Wildman–Crippen LogP) is 3.20. The van der Waals surface area contributed by atoms with Gasteiger partial charge in [0.15, 0.2) is 0 Å². The van der Waals surface area contributed by atoms with Crippen LogP contribution in [0.1, 0.15) is 37.9 Å². The van der Waals surface area contributed by atoms with Crippen molar-refractivity contribution in [3.63, 3.8) is 0 Å². The van der Waals surface area contributed by atoms with Gasteiger partial charge >= 0.3 is 0 Å². The number of aromatic nitrogens is 1. The molecule has 80 valence electrons. The van der Waals surface area contributed by atoms with Gasteiger partial charge < -0.3 is 11.9 Å². The zero-order valence-corrected chi connectivity index (χ0v) is 10.1. The van der Waals surface area contributed by atoms with Crippen molar-refractivity contribution in [3.05, 3.63) is 28.5 Å². The molecule has 4 heteroatoms. The normalized spacial score (nSPS) is 11.9. The Kier molecular flexibility index (Phi) is 6.70. The van der Waals surface area contributed by atoms with Gasteiger partial charge in [-0.1, -0.05) is 19.8 Å². The second-order valence-corrected chi connectivity index (χ2v) is 4.07. The van der Waals surface area contributed by atoms with E-state index >= 15 is 0 Å². The summed E-state index contributed by atoms with van der Waals surface area (Å²) in [6, 6.07) is 4.05. The molecule has 1 aromatic heterocycles. The molecule has 1 atom stereocenters. The van der Waals surface area contributed by atoms with Gasteiger partial charge in [0, 0.05) is 16.7 Å². The Morgan fingerprint density at radius 3 is 2.71 bits per heavy atom. The van der Waals surface area contributed by atoms with Gasteiger partial charge in [-0.3, -0.25) is 4.98 Å². The third-order valence-electron chi connectivity index (χ3n) is 2.00. The van der Waals surface area contributed by atoms with Crippen LogP contribution >= 0.6 is 15.9 Å². The first-order valence-corrected chi connectivity index (χ1v) is 5.40. The molecular weight excluding hydrogens is 242 g/mol. The SMILES string of the molecule is CCCCC(N)c1ccc(Br)cn1.N. The van der Waals surface area contributed by atoms with Gasteiger partial charge in [-0.2, -0.15) is 0 Å². The lowest BCUT2D eigenvalue weighted by Crippen LogP contribution is -2.11. The molecule has 1 rings (SSSR count). The van der Waals surface area contributed by atoms with Gasteiger partial charge in [0.2, 0.25) is 0 Å². The third kappa shape index (κ3) is 4.17. The van der Waals surface area contributed by atoms with E-state index in [2.05, 4.69) is 27.8 Å². The summed E-state index contributed by atoms with van der Waals surface area (Å²) in [5, 5.41) is 0. The Bertz CT molecular complexity index is 248. The molecule has 0 saturated carbocycles. The van der Waals surface area contributed by atoms with Crippen molar-refractivity contribution in [2.45, 2.75) is 32.2 Å². The number of nitrogens with two attached hydrogens (primary N) is 1. The van der Waals surface area contributed by atoms with Gasteiger partial charge in [0.25, 0.3) is 0 Å². The van der Waals surface area contributed by atoms with E-state index in [9.17, 15) is 0 Å². The van der Waals surface area contributed by atoms with Gasteiger partial charge in [-0.15, -0.1) is 0 Å². The molecule has 0 radical (unpaired) electrons. The molecule has 5 N–H and O–H groups in total. The molecule has 0 aromatic carbocycles. The van der Waals surface area contributed by atoms with E-state index in [1.807, 2.05) is 12.1 Å². The highest BCUT2D eigenvalue weighted by Gasteiger charge is 2.05. The van der Waals surface area contributed by atoms with Crippen molar-refractivity contribution in [1.82, 2.24) is 11.1 Å². The summed E-state index contributed by atoms with van der Waals surface area (Å²) in [5.41, 5.74) is 6.94. The molecule has 1 aromatic rings. The molecule has 0 amide bonds. The topological polar surface area (TPSA) is 73.9 Å². The lowest BCUT2D eigenvalue weighted by molar-refractivity contribution is 0.590. The second-order valence-electron chi connectivity index (χ2n) is 3.15. The first-order valence-electron chi connectivity index (χ1n) is 4.61. The smallest absolute Gasteiger partial charge is 0.0571 e. The van der Waals surface area contributed by atoms with E-state index < -0.39 is 0 Å². The van der Waals surface area contributed by atoms with E-state index in [0.717, 1.165) is 16.6 Å².